The normalized spacial score (nSPS) is 19.0. The van der Waals surface area contributed by atoms with Gasteiger partial charge in [-0.15, -0.1) is 24.0 Å². The Bertz CT molecular complexity index is 632. The summed E-state index contributed by atoms with van der Waals surface area (Å²) < 4.78 is 0. The van der Waals surface area contributed by atoms with Gasteiger partial charge in [0.2, 0.25) is 0 Å². The highest BCUT2D eigenvalue weighted by Crippen LogP contribution is 2.19. The summed E-state index contributed by atoms with van der Waals surface area (Å²) >= 11 is 0. The molecule has 2 aliphatic heterocycles. The lowest BCUT2D eigenvalue weighted by Crippen LogP contribution is -2.44. The lowest BCUT2D eigenvalue weighted by Gasteiger charge is -2.32. The Morgan fingerprint density at radius 2 is 1.83 bits per heavy atom. The third kappa shape index (κ3) is 8.26. The van der Waals surface area contributed by atoms with Crippen LogP contribution in [0.25, 0.3) is 6.08 Å². The van der Waals surface area contributed by atoms with Crippen molar-refractivity contribution in [3.8, 4) is 0 Å². The molecule has 29 heavy (non-hydrogen) atoms. The van der Waals surface area contributed by atoms with Crippen LogP contribution in [0.4, 0.5) is 0 Å². The molecule has 0 bridgehead atoms. The Kier molecular flexibility index (Phi) is 11.0. The highest BCUT2D eigenvalue weighted by molar-refractivity contribution is 14.0. The number of benzene rings is 1. The molecule has 3 rings (SSSR count). The molecular formula is C23H37IN4O. The van der Waals surface area contributed by atoms with Crippen LogP contribution in [-0.2, 0) is 0 Å². The maximum atomic E-state index is 9.61. The van der Waals surface area contributed by atoms with Gasteiger partial charge in [-0.3, -0.25) is 4.99 Å². The van der Waals surface area contributed by atoms with Crippen LogP contribution < -0.4 is 5.32 Å². The predicted octanol–water partition coefficient (Wildman–Crippen LogP) is 3.60. The Morgan fingerprint density at radius 1 is 1.14 bits per heavy atom. The first-order valence-electron chi connectivity index (χ1n) is 10.9. The van der Waals surface area contributed by atoms with Gasteiger partial charge in [-0.2, -0.15) is 0 Å². The van der Waals surface area contributed by atoms with Crippen LogP contribution in [0.5, 0.6) is 0 Å². The van der Waals surface area contributed by atoms with Gasteiger partial charge in [-0.25, -0.2) is 0 Å². The van der Waals surface area contributed by atoms with Gasteiger partial charge in [0.15, 0.2) is 5.96 Å². The number of halogens is 1. The molecule has 1 aromatic rings. The molecule has 0 unspecified atom stereocenters. The quantitative estimate of drug-likeness (QED) is 0.265. The first-order valence-corrected chi connectivity index (χ1v) is 10.9. The van der Waals surface area contributed by atoms with E-state index in [4.69, 9.17) is 4.99 Å². The fourth-order valence-electron chi connectivity index (χ4n) is 3.98. The van der Waals surface area contributed by atoms with Crippen molar-refractivity contribution in [1.29, 1.82) is 0 Å². The van der Waals surface area contributed by atoms with Crippen LogP contribution >= 0.6 is 24.0 Å². The van der Waals surface area contributed by atoms with Crippen molar-refractivity contribution in [2.75, 3.05) is 45.8 Å². The van der Waals surface area contributed by atoms with E-state index >= 15 is 0 Å². The van der Waals surface area contributed by atoms with E-state index in [1.165, 1.54) is 11.1 Å². The summed E-state index contributed by atoms with van der Waals surface area (Å²) in [7, 11) is 0. The molecule has 2 aliphatic rings. The molecule has 0 aromatic heterocycles. The zero-order chi connectivity index (χ0) is 19.6. The van der Waals surface area contributed by atoms with Crippen LogP contribution in [-0.4, -0.2) is 72.8 Å². The summed E-state index contributed by atoms with van der Waals surface area (Å²) in [6.07, 6.45) is 7.38. The number of rotatable bonds is 6. The minimum atomic E-state index is -0.0884. The van der Waals surface area contributed by atoms with Crippen molar-refractivity contribution < 1.29 is 5.11 Å². The molecule has 0 saturated carbocycles. The van der Waals surface area contributed by atoms with E-state index in [0.717, 1.165) is 83.9 Å². The van der Waals surface area contributed by atoms with E-state index < -0.39 is 0 Å². The maximum Gasteiger partial charge on any atom is 0.193 e. The van der Waals surface area contributed by atoms with Crippen LogP contribution in [0.15, 0.2) is 40.9 Å². The summed E-state index contributed by atoms with van der Waals surface area (Å²) in [5, 5.41) is 13.1. The highest BCUT2D eigenvalue weighted by Gasteiger charge is 2.18. The number of hydrogen-bond acceptors (Lipinski definition) is 3. The van der Waals surface area contributed by atoms with E-state index in [1.54, 1.807) is 0 Å². The summed E-state index contributed by atoms with van der Waals surface area (Å²) in [6.45, 7) is 9.11. The van der Waals surface area contributed by atoms with Gasteiger partial charge in [0.25, 0.3) is 0 Å². The number of aliphatic hydroxyl groups excluding tert-OH is 1. The molecule has 2 saturated heterocycles. The Morgan fingerprint density at radius 3 is 2.48 bits per heavy atom. The van der Waals surface area contributed by atoms with Crippen molar-refractivity contribution in [2.45, 2.75) is 45.1 Å². The topological polar surface area (TPSA) is 51.1 Å². The van der Waals surface area contributed by atoms with E-state index in [-0.39, 0.29) is 30.1 Å². The van der Waals surface area contributed by atoms with Crippen molar-refractivity contribution >= 4 is 36.0 Å². The number of nitrogens with one attached hydrogen (secondary N) is 1. The molecule has 0 amide bonds. The summed E-state index contributed by atoms with van der Waals surface area (Å²) in [6, 6.07) is 10.6. The third-order valence-electron chi connectivity index (χ3n) is 5.66. The van der Waals surface area contributed by atoms with Crippen LogP contribution in [0.1, 0.15) is 44.6 Å². The summed E-state index contributed by atoms with van der Waals surface area (Å²) in [5.41, 5.74) is 2.84. The van der Waals surface area contributed by atoms with Gasteiger partial charge in [-0.05, 0) is 51.1 Å². The van der Waals surface area contributed by atoms with Gasteiger partial charge in [0.05, 0.1) is 6.10 Å². The number of aliphatic hydroxyl groups is 1. The van der Waals surface area contributed by atoms with Crippen molar-refractivity contribution in [3.63, 3.8) is 0 Å². The van der Waals surface area contributed by atoms with Gasteiger partial charge in [0, 0.05) is 39.3 Å². The molecule has 2 N–H and O–H groups in total. The maximum absolute atomic E-state index is 9.61. The zero-order valence-electron chi connectivity index (χ0n) is 17.7. The fraction of sp³-hybridized carbons (Fsp3) is 0.609. The smallest absolute Gasteiger partial charge is 0.193 e. The molecule has 0 radical (unpaired) electrons. The fourth-order valence-corrected chi connectivity index (χ4v) is 3.98. The van der Waals surface area contributed by atoms with Gasteiger partial charge in [-0.1, -0.05) is 42.0 Å². The molecular weight excluding hydrogens is 475 g/mol. The first kappa shape index (κ1) is 24.2. The second-order valence-corrected chi connectivity index (χ2v) is 7.86. The molecule has 2 heterocycles. The Balaban J connectivity index is 0.00000300. The van der Waals surface area contributed by atoms with Gasteiger partial charge >= 0.3 is 0 Å². The van der Waals surface area contributed by atoms with Crippen LogP contribution in [0.3, 0.4) is 0 Å². The SMILES string of the molecule is CCNC(=NCCCN1CCC(O)CC1)N1CCC(=Cc2ccccc2)CC1.I. The van der Waals surface area contributed by atoms with E-state index in [0.29, 0.717) is 0 Å². The molecule has 162 valence electrons. The van der Waals surface area contributed by atoms with Crippen LogP contribution in [0, 0.1) is 0 Å². The Labute approximate surface area is 193 Å². The van der Waals surface area contributed by atoms with Crippen molar-refractivity contribution in [2.24, 2.45) is 4.99 Å². The Hall–Kier alpha value is -1.12. The van der Waals surface area contributed by atoms with Gasteiger partial charge in [0.1, 0.15) is 0 Å². The average molecular weight is 512 g/mol. The second kappa shape index (κ2) is 13.2. The number of guanidine groups is 1. The van der Waals surface area contributed by atoms with Gasteiger partial charge < -0.3 is 20.2 Å². The van der Waals surface area contributed by atoms with Crippen molar-refractivity contribution in [1.82, 2.24) is 15.1 Å². The second-order valence-electron chi connectivity index (χ2n) is 7.86. The third-order valence-corrected chi connectivity index (χ3v) is 5.66. The minimum Gasteiger partial charge on any atom is -0.393 e. The largest absolute Gasteiger partial charge is 0.393 e. The molecule has 0 atom stereocenters. The zero-order valence-corrected chi connectivity index (χ0v) is 20.1. The summed E-state index contributed by atoms with van der Waals surface area (Å²) in [4.78, 5) is 9.74. The molecule has 1 aromatic carbocycles. The van der Waals surface area contributed by atoms with Crippen molar-refractivity contribution in [3.05, 3.63) is 41.5 Å². The molecule has 2 fully saturated rings. The minimum absolute atomic E-state index is 0. The molecule has 5 nitrogen and oxygen atoms in total. The lowest BCUT2D eigenvalue weighted by molar-refractivity contribution is 0.0824. The highest BCUT2D eigenvalue weighted by atomic mass is 127. The monoisotopic (exact) mass is 512 g/mol. The summed E-state index contributed by atoms with van der Waals surface area (Å²) in [5.74, 6) is 1.07. The number of nitrogens with zero attached hydrogens (tertiary/aromatic N) is 3. The van der Waals surface area contributed by atoms with E-state index in [1.807, 2.05) is 0 Å². The number of piperidine rings is 2. The van der Waals surface area contributed by atoms with E-state index in [2.05, 4.69) is 58.4 Å². The first-order chi connectivity index (χ1) is 13.7. The number of aliphatic imine (C=N–C) groups is 1. The molecule has 0 spiro atoms. The number of hydrogen-bond donors (Lipinski definition) is 2. The lowest BCUT2D eigenvalue weighted by atomic mass is 10.0. The standard InChI is InChI=1S/C23H36N4O.HI/c1-2-24-23(25-13-6-14-26-15-11-22(28)12-16-26)27-17-9-21(10-18-27)19-20-7-4-3-5-8-20;/h3-5,7-8,19,22,28H,2,6,9-18H2,1H3,(H,24,25);1H. The predicted molar refractivity (Wildman–Crippen MR) is 133 cm³/mol. The van der Waals surface area contributed by atoms with E-state index in [9.17, 15) is 5.11 Å². The average Bonchev–Trinajstić information content (AvgIpc) is 2.73. The number of likely N-dealkylation sites (tertiary alicyclic amines) is 2. The molecule has 0 aliphatic carbocycles. The molecule has 6 heteroatoms. The van der Waals surface area contributed by atoms with Crippen LogP contribution in [0.2, 0.25) is 0 Å².